The van der Waals surface area contributed by atoms with Gasteiger partial charge in [0.25, 0.3) is 0 Å². The van der Waals surface area contributed by atoms with E-state index in [1.807, 2.05) is 25.3 Å². The standard InChI is InChI=1S/C8H6IN3S/c1-5-2-3-6(4-10-5)7-11-8(9)12-13-7/h2-4H,1H3. The van der Waals surface area contributed by atoms with Crippen LogP contribution in [-0.2, 0) is 0 Å². The molecule has 0 radical (unpaired) electrons. The van der Waals surface area contributed by atoms with Crippen molar-refractivity contribution in [2.45, 2.75) is 6.92 Å². The predicted octanol–water partition coefficient (Wildman–Crippen LogP) is 2.51. The summed E-state index contributed by atoms with van der Waals surface area (Å²) < 4.78 is 4.89. The minimum absolute atomic E-state index is 0.790. The largest absolute Gasteiger partial charge is 0.261 e. The number of aryl methyl sites for hydroxylation is 1. The van der Waals surface area contributed by atoms with Crippen LogP contribution in [0.5, 0.6) is 0 Å². The van der Waals surface area contributed by atoms with Crippen molar-refractivity contribution < 1.29 is 0 Å². The maximum absolute atomic E-state index is 4.26. The van der Waals surface area contributed by atoms with E-state index in [0.29, 0.717) is 0 Å². The number of rotatable bonds is 1. The summed E-state index contributed by atoms with van der Waals surface area (Å²) in [5, 5.41) is 0.928. The number of halogens is 1. The number of hydrogen-bond acceptors (Lipinski definition) is 4. The van der Waals surface area contributed by atoms with Crippen molar-refractivity contribution in [1.29, 1.82) is 0 Å². The highest BCUT2D eigenvalue weighted by atomic mass is 127. The summed E-state index contributed by atoms with van der Waals surface area (Å²) in [7, 11) is 0. The highest BCUT2D eigenvalue weighted by Crippen LogP contribution is 2.20. The first-order chi connectivity index (χ1) is 6.25. The summed E-state index contributed by atoms with van der Waals surface area (Å²) in [6.45, 7) is 1.97. The average Bonchev–Trinajstić information content (AvgIpc) is 2.53. The Labute approximate surface area is 93.6 Å². The van der Waals surface area contributed by atoms with E-state index >= 15 is 0 Å². The molecule has 0 unspecified atom stereocenters. The molecule has 5 heteroatoms. The third-order valence-electron chi connectivity index (χ3n) is 1.56. The Balaban J connectivity index is 2.41. The van der Waals surface area contributed by atoms with E-state index in [2.05, 4.69) is 36.9 Å². The van der Waals surface area contributed by atoms with Crippen molar-refractivity contribution in [2.24, 2.45) is 0 Å². The number of pyridine rings is 1. The normalized spacial score (nSPS) is 10.3. The van der Waals surface area contributed by atoms with E-state index in [1.165, 1.54) is 11.5 Å². The van der Waals surface area contributed by atoms with Gasteiger partial charge >= 0.3 is 0 Å². The van der Waals surface area contributed by atoms with Crippen molar-refractivity contribution in [3.63, 3.8) is 0 Å². The highest BCUT2D eigenvalue weighted by molar-refractivity contribution is 14.1. The van der Waals surface area contributed by atoms with Gasteiger partial charge < -0.3 is 0 Å². The minimum atomic E-state index is 0.790. The Morgan fingerprint density at radius 1 is 1.38 bits per heavy atom. The summed E-state index contributed by atoms with van der Waals surface area (Å²) in [4.78, 5) is 8.47. The van der Waals surface area contributed by atoms with Crippen molar-refractivity contribution in [2.75, 3.05) is 0 Å². The smallest absolute Gasteiger partial charge is 0.203 e. The third-order valence-corrected chi connectivity index (χ3v) is 3.13. The van der Waals surface area contributed by atoms with Gasteiger partial charge in [0.05, 0.1) is 0 Å². The van der Waals surface area contributed by atoms with Gasteiger partial charge in [0.15, 0.2) is 0 Å². The highest BCUT2D eigenvalue weighted by Gasteiger charge is 2.03. The second-order valence-electron chi connectivity index (χ2n) is 2.56. The number of hydrogen-bond donors (Lipinski definition) is 0. The Bertz CT molecular complexity index is 410. The van der Waals surface area contributed by atoms with Gasteiger partial charge in [-0.05, 0) is 30.6 Å². The Morgan fingerprint density at radius 2 is 2.23 bits per heavy atom. The van der Waals surface area contributed by atoms with Gasteiger partial charge in [-0.3, -0.25) is 4.98 Å². The van der Waals surface area contributed by atoms with Crippen molar-refractivity contribution in [3.05, 3.63) is 27.9 Å². The first-order valence-corrected chi connectivity index (χ1v) is 5.53. The van der Waals surface area contributed by atoms with Gasteiger partial charge in [-0.1, -0.05) is 0 Å². The molecule has 0 atom stereocenters. The van der Waals surface area contributed by atoms with E-state index in [4.69, 9.17) is 0 Å². The lowest BCUT2D eigenvalue weighted by molar-refractivity contribution is 1.19. The Hall–Kier alpha value is -0.560. The molecule has 0 aliphatic heterocycles. The molecule has 0 saturated heterocycles. The van der Waals surface area contributed by atoms with Gasteiger partial charge in [-0.15, -0.1) is 0 Å². The second-order valence-corrected chi connectivity index (χ2v) is 4.27. The van der Waals surface area contributed by atoms with Gasteiger partial charge in [0.2, 0.25) is 3.83 Å². The van der Waals surface area contributed by atoms with Crippen LogP contribution in [0.3, 0.4) is 0 Å². The summed E-state index contributed by atoms with van der Waals surface area (Å²) in [5.41, 5.74) is 2.05. The molecule has 0 bridgehead atoms. The van der Waals surface area contributed by atoms with Crippen LogP contribution in [0.15, 0.2) is 18.3 Å². The zero-order valence-corrected chi connectivity index (χ0v) is 9.83. The molecule has 0 aromatic carbocycles. The van der Waals surface area contributed by atoms with E-state index in [1.54, 1.807) is 0 Å². The second kappa shape index (κ2) is 3.67. The lowest BCUT2D eigenvalue weighted by atomic mass is 10.3. The van der Waals surface area contributed by atoms with Gasteiger partial charge in [0.1, 0.15) is 5.01 Å². The molecule has 0 saturated carbocycles. The quantitative estimate of drug-likeness (QED) is 0.760. The van der Waals surface area contributed by atoms with E-state index < -0.39 is 0 Å². The fraction of sp³-hybridized carbons (Fsp3) is 0.125. The molecule has 2 aromatic heterocycles. The molecular weight excluding hydrogens is 297 g/mol. The number of aromatic nitrogens is 3. The maximum Gasteiger partial charge on any atom is 0.203 e. The molecule has 2 heterocycles. The molecular formula is C8H6IN3S. The van der Waals surface area contributed by atoms with Crippen LogP contribution in [0, 0.1) is 10.8 Å². The molecule has 66 valence electrons. The fourth-order valence-electron chi connectivity index (χ4n) is 0.917. The van der Waals surface area contributed by atoms with Gasteiger partial charge in [0, 0.05) is 40.0 Å². The molecule has 2 aromatic rings. The summed E-state index contributed by atoms with van der Waals surface area (Å²) in [6.07, 6.45) is 1.83. The van der Waals surface area contributed by atoms with Crippen LogP contribution < -0.4 is 0 Å². The zero-order chi connectivity index (χ0) is 9.26. The summed E-state index contributed by atoms with van der Waals surface area (Å²) in [6, 6.07) is 3.99. The molecule has 0 spiro atoms. The monoisotopic (exact) mass is 303 g/mol. The SMILES string of the molecule is Cc1ccc(-c2nc(I)ns2)cn1. The predicted molar refractivity (Wildman–Crippen MR) is 60.6 cm³/mol. The Morgan fingerprint density at radius 3 is 2.77 bits per heavy atom. The first kappa shape index (κ1) is 9.01. The minimum Gasteiger partial charge on any atom is -0.261 e. The van der Waals surface area contributed by atoms with Crippen molar-refractivity contribution >= 4 is 34.1 Å². The van der Waals surface area contributed by atoms with Crippen LogP contribution in [-0.4, -0.2) is 14.3 Å². The molecule has 3 nitrogen and oxygen atoms in total. The lowest BCUT2D eigenvalue weighted by Crippen LogP contribution is -1.81. The van der Waals surface area contributed by atoms with Crippen molar-refractivity contribution in [1.82, 2.24) is 14.3 Å². The lowest BCUT2D eigenvalue weighted by Gasteiger charge is -1.94. The van der Waals surface area contributed by atoms with Gasteiger partial charge in [-0.2, -0.15) is 4.37 Å². The van der Waals surface area contributed by atoms with Crippen LogP contribution in [0.1, 0.15) is 5.69 Å². The summed E-state index contributed by atoms with van der Waals surface area (Å²) in [5.74, 6) is 0. The average molecular weight is 303 g/mol. The maximum atomic E-state index is 4.26. The molecule has 2 rings (SSSR count). The zero-order valence-electron chi connectivity index (χ0n) is 6.86. The Kier molecular flexibility index (Phi) is 2.54. The van der Waals surface area contributed by atoms with E-state index in [9.17, 15) is 0 Å². The topological polar surface area (TPSA) is 38.7 Å². The number of nitrogens with zero attached hydrogens (tertiary/aromatic N) is 3. The van der Waals surface area contributed by atoms with E-state index in [0.717, 1.165) is 20.1 Å². The molecule has 0 N–H and O–H groups in total. The summed E-state index contributed by atoms with van der Waals surface area (Å²) >= 11 is 3.50. The third kappa shape index (κ3) is 2.02. The van der Waals surface area contributed by atoms with Crippen molar-refractivity contribution in [3.8, 4) is 10.6 Å². The molecule has 0 amide bonds. The van der Waals surface area contributed by atoms with Crippen LogP contribution in [0.2, 0.25) is 0 Å². The van der Waals surface area contributed by atoms with Crippen LogP contribution in [0.4, 0.5) is 0 Å². The van der Waals surface area contributed by atoms with Crippen LogP contribution in [0.25, 0.3) is 10.6 Å². The molecule has 0 fully saturated rings. The van der Waals surface area contributed by atoms with Gasteiger partial charge in [-0.25, -0.2) is 4.98 Å². The molecule has 0 aliphatic rings. The molecule has 0 aliphatic carbocycles. The fourth-order valence-corrected chi connectivity index (χ4v) is 2.17. The van der Waals surface area contributed by atoms with Crippen LogP contribution >= 0.6 is 34.1 Å². The first-order valence-electron chi connectivity index (χ1n) is 3.68. The van der Waals surface area contributed by atoms with E-state index in [-0.39, 0.29) is 0 Å². The molecule has 13 heavy (non-hydrogen) atoms.